The van der Waals surface area contributed by atoms with E-state index in [1.807, 2.05) is 0 Å². The van der Waals surface area contributed by atoms with E-state index in [4.69, 9.17) is 15.1 Å². The predicted molar refractivity (Wildman–Crippen MR) is 97.2 cm³/mol. The number of nitrogens with zero attached hydrogens (tertiary/aromatic N) is 3. The number of anilines is 1. The van der Waals surface area contributed by atoms with E-state index >= 15 is 0 Å². The molecule has 1 aromatic heterocycles. The maximum atomic E-state index is 12.6. The molecule has 1 saturated heterocycles. The van der Waals surface area contributed by atoms with Crippen LogP contribution in [0.25, 0.3) is 0 Å². The molecule has 2 unspecified atom stereocenters. The molecule has 17 heteroatoms. The number of rotatable bonds is 8. The van der Waals surface area contributed by atoms with Gasteiger partial charge in [-0.15, -0.1) is 11.3 Å². The van der Waals surface area contributed by atoms with Crippen molar-refractivity contribution in [1.29, 1.82) is 0 Å². The molecule has 4 N–H and O–H groups in total. The normalized spacial score (nSPS) is 19.0. The van der Waals surface area contributed by atoms with Gasteiger partial charge in [-0.1, -0.05) is 5.16 Å². The molecule has 0 saturated carbocycles. The molecule has 0 aromatic carbocycles. The van der Waals surface area contributed by atoms with Crippen LogP contribution in [-0.4, -0.2) is 84.6 Å². The molecule has 0 radical (unpaired) electrons. The first-order chi connectivity index (χ1) is 14.0. The number of ether oxygens (including phenoxy) is 2. The minimum absolute atomic E-state index is 0.0585. The fourth-order valence-electron chi connectivity index (χ4n) is 2.23. The van der Waals surface area contributed by atoms with E-state index in [2.05, 4.69) is 24.9 Å². The van der Waals surface area contributed by atoms with Gasteiger partial charge in [0.05, 0.1) is 14.2 Å². The van der Waals surface area contributed by atoms with Crippen LogP contribution in [0.3, 0.4) is 0 Å². The SMILES string of the molecule is COC(=O)CON=C(C(=O)NC1C(=O)N(S(=O)(=O)O)C1C(=O)OC)c1csc(N)n1. The van der Waals surface area contributed by atoms with Gasteiger partial charge < -0.3 is 25.4 Å². The molecule has 1 fully saturated rings. The van der Waals surface area contributed by atoms with Crippen LogP contribution >= 0.6 is 11.3 Å². The summed E-state index contributed by atoms with van der Waals surface area (Å²) in [5.41, 5.74) is 4.89. The maximum absolute atomic E-state index is 12.6. The van der Waals surface area contributed by atoms with Crippen molar-refractivity contribution in [3.8, 4) is 0 Å². The fourth-order valence-corrected chi connectivity index (χ4v) is 3.62. The van der Waals surface area contributed by atoms with Crippen LogP contribution in [0.5, 0.6) is 0 Å². The third-order valence-corrected chi connectivity index (χ3v) is 5.15. The Bertz CT molecular complexity index is 1000. The fraction of sp³-hybridized carbons (Fsp3) is 0.385. The largest absolute Gasteiger partial charge is 0.467 e. The van der Waals surface area contributed by atoms with Gasteiger partial charge in [-0.2, -0.15) is 12.7 Å². The van der Waals surface area contributed by atoms with Crippen LogP contribution in [0.4, 0.5) is 5.13 Å². The van der Waals surface area contributed by atoms with Crippen LogP contribution in [0.15, 0.2) is 10.5 Å². The Hall–Kier alpha value is -3.31. The van der Waals surface area contributed by atoms with Crippen LogP contribution in [-0.2, 0) is 43.8 Å². The van der Waals surface area contributed by atoms with Gasteiger partial charge >= 0.3 is 22.2 Å². The first-order valence-corrected chi connectivity index (χ1v) is 9.96. The van der Waals surface area contributed by atoms with Crippen molar-refractivity contribution < 1.29 is 46.5 Å². The van der Waals surface area contributed by atoms with Crippen molar-refractivity contribution in [1.82, 2.24) is 14.6 Å². The number of carbonyl (C=O) groups is 4. The molecule has 0 aliphatic carbocycles. The van der Waals surface area contributed by atoms with Crippen molar-refractivity contribution in [2.75, 3.05) is 26.6 Å². The molecule has 2 heterocycles. The smallest absolute Gasteiger partial charge is 0.363 e. The van der Waals surface area contributed by atoms with Crippen molar-refractivity contribution in [3.05, 3.63) is 11.1 Å². The summed E-state index contributed by atoms with van der Waals surface area (Å²) in [6.07, 6.45) is 0. The number of nitrogens with two attached hydrogens (primary N) is 1. The van der Waals surface area contributed by atoms with E-state index in [0.29, 0.717) is 0 Å². The summed E-state index contributed by atoms with van der Waals surface area (Å²) >= 11 is 0.943. The molecule has 30 heavy (non-hydrogen) atoms. The second-order valence-electron chi connectivity index (χ2n) is 5.39. The number of aromatic nitrogens is 1. The van der Waals surface area contributed by atoms with Crippen LogP contribution in [0.2, 0.25) is 0 Å². The van der Waals surface area contributed by atoms with Gasteiger partial charge in [0.1, 0.15) is 11.7 Å². The summed E-state index contributed by atoms with van der Waals surface area (Å²) in [7, 11) is -3.07. The van der Waals surface area contributed by atoms with Gasteiger partial charge in [0.2, 0.25) is 6.61 Å². The molecule has 15 nitrogen and oxygen atoms in total. The number of esters is 2. The second kappa shape index (κ2) is 9.01. The number of nitrogen functional groups attached to an aromatic ring is 1. The third kappa shape index (κ3) is 4.81. The van der Waals surface area contributed by atoms with Crippen LogP contribution in [0, 0.1) is 0 Å². The summed E-state index contributed by atoms with van der Waals surface area (Å²) in [4.78, 5) is 56.2. The number of amides is 2. The van der Waals surface area contributed by atoms with E-state index in [-0.39, 0.29) is 15.1 Å². The number of β-lactam (4-membered cyclic amide) rings is 1. The molecule has 2 rings (SSSR count). The Morgan fingerprint density at radius 3 is 2.53 bits per heavy atom. The highest BCUT2D eigenvalue weighted by Crippen LogP contribution is 2.25. The summed E-state index contributed by atoms with van der Waals surface area (Å²) in [6, 6.07) is -3.55. The minimum atomic E-state index is -5.09. The Balaban J connectivity index is 2.27. The van der Waals surface area contributed by atoms with Crippen LogP contribution in [0.1, 0.15) is 5.69 Å². The highest BCUT2D eigenvalue weighted by molar-refractivity contribution is 7.84. The van der Waals surface area contributed by atoms with E-state index in [1.54, 1.807) is 0 Å². The zero-order valence-corrected chi connectivity index (χ0v) is 16.9. The summed E-state index contributed by atoms with van der Waals surface area (Å²) < 4.78 is 40.3. The topological polar surface area (TPSA) is 217 Å². The predicted octanol–water partition coefficient (Wildman–Crippen LogP) is -2.71. The Labute approximate surface area is 172 Å². The van der Waals surface area contributed by atoms with E-state index in [1.165, 1.54) is 5.38 Å². The zero-order valence-electron chi connectivity index (χ0n) is 15.3. The summed E-state index contributed by atoms with van der Waals surface area (Å²) in [5, 5.41) is 6.94. The Morgan fingerprint density at radius 2 is 2.03 bits per heavy atom. The number of hydrogen-bond acceptors (Lipinski definition) is 13. The van der Waals surface area contributed by atoms with Gasteiger partial charge in [0.25, 0.3) is 11.8 Å². The number of hydrogen-bond donors (Lipinski definition) is 3. The van der Waals surface area contributed by atoms with Crippen molar-refractivity contribution in [2.45, 2.75) is 12.1 Å². The van der Waals surface area contributed by atoms with Crippen molar-refractivity contribution in [3.63, 3.8) is 0 Å². The molecule has 164 valence electrons. The monoisotopic (exact) mass is 465 g/mol. The van der Waals surface area contributed by atoms with E-state index < -0.39 is 58.5 Å². The van der Waals surface area contributed by atoms with Crippen LogP contribution < -0.4 is 11.1 Å². The van der Waals surface area contributed by atoms with Gasteiger partial charge in [0, 0.05) is 5.38 Å². The molecule has 2 atom stereocenters. The minimum Gasteiger partial charge on any atom is -0.467 e. The summed E-state index contributed by atoms with van der Waals surface area (Å²) in [6.45, 7) is -0.656. The summed E-state index contributed by atoms with van der Waals surface area (Å²) in [5.74, 6) is -4.43. The standard InChI is InChI=1S/C13H15N5O10S2/c1-26-6(19)3-28-17-7(5-4-29-13(14)15-5)10(20)16-8-9(12(22)27-2)18(11(8)21)30(23,24)25/h4,8-9H,3H2,1-2H3,(H2,14,15)(H,16,20)(H,23,24,25). The number of carbonyl (C=O) groups excluding carboxylic acids is 4. The number of nitrogens with one attached hydrogen (secondary N) is 1. The average molecular weight is 465 g/mol. The quantitative estimate of drug-likeness (QED) is 0.117. The second-order valence-corrected chi connectivity index (χ2v) is 7.57. The zero-order chi connectivity index (χ0) is 22.6. The highest BCUT2D eigenvalue weighted by atomic mass is 32.2. The lowest BCUT2D eigenvalue weighted by atomic mass is 9.98. The lowest BCUT2D eigenvalue weighted by Crippen LogP contribution is -2.74. The van der Waals surface area contributed by atoms with Crippen molar-refractivity contribution >= 4 is 56.2 Å². The van der Waals surface area contributed by atoms with Gasteiger partial charge in [-0.3, -0.25) is 14.1 Å². The Kier molecular flexibility index (Phi) is 6.90. The van der Waals surface area contributed by atoms with Gasteiger partial charge in [-0.05, 0) is 0 Å². The molecule has 1 aliphatic rings. The molecular formula is C13H15N5O10S2. The first kappa shape index (κ1) is 23.0. The maximum Gasteiger partial charge on any atom is 0.363 e. The first-order valence-electron chi connectivity index (χ1n) is 7.68. The molecule has 2 amide bonds. The van der Waals surface area contributed by atoms with Gasteiger partial charge in [-0.25, -0.2) is 14.6 Å². The lowest BCUT2D eigenvalue weighted by molar-refractivity contribution is -0.162. The molecule has 0 spiro atoms. The van der Waals surface area contributed by atoms with E-state index in [0.717, 1.165) is 25.6 Å². The van der Waals surface area contributed by atoms with Gasteiger partial charge in [0.15, 0.2) is 16.9 Å². The molecule has 1 aromatic rings. The number of methoxy groups -OCH3 is 2. The highest BCUT2D eigenvalue weighted by Gasteiger charge is 2.58. The Morgan fingerprint density at radius 1 is 1.37 bits per heavy atom. The average Bonchev–Trinajstić information content (AvgIpc) is 3.10. The molecule has 1 aliphatic heterocycles. The molecular weight excluding hydrogens is 450 g/mol. The number of thiazole rings is 1. The molecule has 0 bridgehead atoms. The van der Waals surface area contributed by atoms with E-state index in [9.17, 15) is 27.6 Å². The number of oxime groups is 1. The lowest BCUT2D eigenvalue weighted by Gasteiger charge is -2.41. The van der Waals surface area contributed by atoms with Crippen molar-refractivity contribution in [2.24, 2.45) is 5.16 Å². The third-order valence-electron chi connectivity index (χ3n) is 3.58.